The lowest BCUT2D eigenvalue weighted by atomic mass is 9.92. The minimum atomic E-state index is -1.53. The molecule has 0 bridgehead atoms. The molecule has 47 heavy (non-hydrogen) atoms. The van der Waals surface area contributed by atoms with Gasteiger partial charge in [-0.05, 0) is 62.0 Å². The molecule has 0 atom stereocenters. The van der Waals surface area contributed by atoms with Crippen molar-refractivity contribution in [3.63, 3.8) is 0 Å². The first-order valence-electron chi connectivity index (χ1n) is 17.9. The number of benzene rings is 4. The summed E-state index contributed by atoms with van der Waals surface area (Å²) in [5.74, 6) is 1.46. The molecule has 4 heteroatoms. The highest BCUT2D eigenvalue weighted by Crippen LogP contribution is 2.45. The van der Waals surface area contributed by atoms with Gasteiger partial charge >= 0.3 is 0 Å². The maximum Gasteiger partial charge on any atom is 0.0979 e. The van der Waals surface area contributed by atoms with Gasteiger partial charge in [-0.3, -0.25) is 0 Å². The Hall–Kier alpha value is -3.09. The number of hydrogen-bond acceptors (Lipinski definition) is 2. The van der Waals surface area contributed by atoms with Gasteiger partial charge in [0.05, 0.1) is 22.8 Å². The summed E-state index contributed by atoms with van der Waals surface area (Å²) in [5, 5.41) is 3.38. The second-order valence-corrected chi connectivity index (χ2v) is 28.4. The first kappa shape index (κ1) is 35.2. The van der Waals surface area contributed by atoms with Crippen LogP contribution in [0.15, 0.2) is 76.7 Å². The molecule has 0 saturated carbocycles. The van der Waals surface area contributed by atoms with Gasteiger partial charge in [0, 0.05) is 32.7 Å². The number of hydrogen-bond donors (Lipinski definition) is 0. The second-order valence-electron chi connectivity index (χ2n) is 17.2. The maximum atomic E-state index is 5.74. The van der Waals surface area contributed by atoms with E-state index >= 15 is 0 Å². The first-order valence-corrected chi connectivity index (χ1v) is 25.1. The van der Waals surface area contributed by atoms with E-state index in [0.29, 0.717) is 28.8 Å². The molecule has 1 aliphatic carbocycles. The predicted octanol–water partition coefficient (Wildman–Crippen LogP) is 13.4. The third kappa shape index (κ3) is 6.65. The Labute approximate surface area is 287 Å². The Morgan fingerprint density at radius 2 is 0.787 bits per heavy atom. The smallest absolute Gasteiger partial charge is 0.0979 e. The zero-order valence-electron chi connectivity index (χ0n) is 31.6. The van der Waals surface area contributed by atoms with E-state index in [0.717, 1.165) is 22.8 Å². The largest absolute Gasteiger partial charge is 0.245 e. The molecule has 5 rings (SSSR count). The lowest BCUT2D eigenvalue weighted by Crippen LogP contribution is -2.46. The molecule has 0 radical (unpaired) electrons. The van der Waals surface area contributed by atoms with Crippen molar-refractivity contribution >= 4 is 49.7 Å². The molecular weight excluding hydrogens is 601 g/mol. The van der Waals surface area contributed by atoms with Gasteiger partial charge in [-0.15, -0.1) is 0 Å². The van der Waals surface area contributed by atoms with E-state index in [-0.39, 0.29) is 0 Å². The fraction of sp³-hybridized carbons (Fsp3) is 0.442. The van der Waals surface area contributed by atoms with Crippen LogP contribution in [0.3, 0.4) is 0 Å². The molecular formula is C43H58N2Si2. The fourth-order valence-corrected chi connectivity index (χ4v) is 21.1. The van der Waals surface area contributed by atoms with Crippen LogP contribution in [0.1, 0.15) is 123 Å². The number of para-hydroxylation sites is 2. The summed E-state index contributed by atoms with van der Waals surface area (Å²) in [6.45, 7) is 33.7. The number of aliphatic imine (C=N–C) groups is 2. The highest BCUT2D eigenvalue weighted by Gasteiger charge is 2.40. The minimum Gasteiger partial charge on any atom is -0.245 e. The Morgan fingerprint density at radius 3 is 1.15 bits per heavy atom. The fourth-order valence-electron chi connectivity index (χ4n) is 8.29. The highest BCUT2D eigenvalue weighted by molar-refractivity contribution is 6.96. The lowest BCUT2D eigenvalue weighted by Gasteiger charge is -2.39. The molecule has 0 saturated heterocycles. The molecule has 4 aromatic rings. The van der Waals surface area contributed by atoms with Crippen molar-refractivity contribution in [3.8, 4) is 0 Å². The molecule has 248 valence electrons. The average molecular weight is 659 g/mol. The van der Waals surface area contributed by atoms with Crippen LogP contribution in [0.2, 0.25) is 39.3 Å². The van der Waals surface area contributed by atoms with E-state index < -0.39 is 16.1 Å². The van der Waals surface area contributed by atoms with Crippen LogP contribution >= 0.6 is 0 Å². The average Bonchev–Trinajstić information content (AvgIpc) is 3.25. The van der Waals surface area contributed by atoms with Gasteiger partial charge in [0.15, 0.2) is 0 Å². The van der Waals surface area contributed by atoms with Crippen molar-refractivity contribution in [2.24, 2.45) is 9.98 Å². The Kier molecular flexibility index (Phi) is 9.80. The van der Waals surface area contributed by atoms with Crippen LogP contribution < -0.4 is 0 Å². The van der Waals surface area contributed by atoms with E-state index in [9.17, 15) is 0 Å². The van der Waals surface area contributed by atoms with Crippen LogP contribution in [-0.4, -0.2) is 27.6 Å². The van der Waals surface area contributed by atoms with Crippen LogP contribution in [0.4, 0.5) is 11.4 Å². The molecule has 1 aliphatic rings. The van der Waals surface area contributed by atoms with Crippen LogP contribution in [0.5, 0.6) is 0 Å². The van der Waals surface area contributed by atoms with Crippen molar-refractivity contribution in [1.82, 2.24) is 0 Å². The standard InChI is InChI=1S/C43H58N2Si2/c1-26(2)30-18-15-19-31(27(3)4)39(30)44-41-36-23-17-22-34-35(43(46(9,10)11)47(12,13)14)24-25-37(38(34)36)42(41)45-40-32(28(5)6)20-16-21-33(40)29(7)8/h15-29,43H,1-14H3. The minimum absolute atomic E-state index is 0.364. The van der Waals surface area contributed by atoms with E-state index in [4.69, 9.17) is 9.98 Å². The van der Waals surface area contributed by atoms with Crippen molar-refractivity contribution in [2.75, 3.05) is 0 Å². The second kappa shape index (κ2) is 13.1. The normalized spacial score (nSPS) is 15.6. The molecule has 0 N–H and O–H groups in total. The number of nitrogens with zero attached hydrogens (tertiary/aromatic N) is 2. The van der Waals surface area contributed by atoms with Crippen molar-refractivity contribution in [1.29, 1.82) is 0 Å². The predicted molar refractivity (Wildman–Crippen MR) is 215 cm³/mol. The summed E-state index contributed by atoms with van der Waals surface area (Å²) in [7, 11) is -3.06. The van der Waals surface area contributed by atoms with E-state index in [1.54, 1.807) is 5.56 Å². The van der Waals surface area contributed by atoms with Gasteiger partial charge in [-0.2, -0.15) is 0 Å². The topological polar surface area (TPSA) is 24.7 Å². The molecule has 0 amide bonds. The van der Waals surface area contributed by atoms with Crippen molar-refractivity contribution in [2.45, 2.75) is 124 Å². The summed E-state index contributed by atoms with van der Waals surface area (Å²) in [4.78, 5) is 11.5. The van der Waals surface area contributed by atoms with Gasteiger partial charge in [0.2, 0.25) is 0 Å². The Morgan fingerprint density at radius 1 is 0.426 bits per heavy atom. The molecule has 0 fully saturated rings. The maximum absolute atomic E-state index is 5.74. The summed E-state index contributed by atoms with van der Waals surface area (Å²) in [6, 6.07) is 25.3. The monoisotopic (exact) mass is 658 g/mol. The molecule has 4 aromatic carbocycles. The molecule has 2 nitrogen and oxygen atoms in total. The quantitative estimate of drug-likeness (QED) is 0.160. The van der Waals surface area contributed by atoms with Crippen LogP contribution in [0, 0.1) is 0 Å². The molecule has 0 heterocycles. The van der Waals surface area contributed by atoms with E-state index in [1.807, 2.05) is 0 Å². The van der Waals surface area contributed by atoms with Gasteiger partial charge in [-0.1, -0.05) is 161 Å². The highest BCUT2D eigenvalue weighted by atomic mass is 28.4. The summed E-state index contributed by atoms with van der Waals surface area (Å²) in [5.41, 5.74) is 13.5. The zero-order chi connectivity index (χ0) is 34.6. The van der Waals surface area contributed by atoms with E-state index in [2.05, 4.69) is 161 Å². The Balaban J connectivity index is 1.95. The Bertz CT molecular complexity index is 1710. The van der Waals surface area contributed by atoms with Gasteiger partial charge in [0.25, 0.3) is 0 Å². The van der Waals surface area contributed by atoms with Gasteiger partial charge < -0.3 is 0 Å². The summed E-state index contributed by atoms with van der Waals surface area (Å²) in [6.07, 6.45) is 0. The third-order valence-electron chi connectivity index (χ3n) is 9.98. The molecule has 0 aromatic heterocycles. The number of rotatable bonds is 9. The molecule has 0 unspecified atom stereocenters. The van der Waals surface area contributed by atoms with Crippen LogP contribution in [0.25, 0.3) is 10.8 Å². The molecule has 0 aliphatic heterocycles. The first-order chi connectivity index (χ1) is 21.9. The lowest BCUT2D eigenvalue weighted by molar-refractivity contribution is 0.834. The molecule has 0 spiro atoms. The summed E-state index contributed by atoms with van der Waals surface area (Å²) >= 11 is 0. The summed E-state index contributed by atoms with van der Waals surface area (Å²) < 4.78 is 0. The van der Waals surface area contributed by atoms with Crippen molar-refractivity contribution in [3.05, 3.63) is 106 Å². The van der Waals surface area contributed by atoms with Crippen LogP contribution in [-0.2, 0) is 0 Å². The van der Waals surface area contributed by atoms with Crippen molar-refractivity contribution < 1.29 is 0 Å². The van der Waals surface area contributed by atoms with E-state index in [1.165, 1.54) is 44.2 Å². The SMILES string of the molecule is CC(C)c1cccc(C(C)C)c1N=C1C(=Nc2c(C(C)C)cccc2C(C)C)c2ccc(C([Si](C)(C)C)[Si](C)(C)C)c3cccc1c23. The van der Waals surface area contributed by atoms with Gasteiger partial charge in [-0.25, -0.2) is 9.98 Å². The van der Waals surface area contributed by atoms with Gasteiger partial charge in [0.1, 0.15) is 0 Å². The zero-order valence-corrected chi connectivity index (χ0v) is 33.6. The third-order valence-corrected chi connectivity index (χ3v) is 19.3.